The number of ether oxygens (including phenoxy) is 3. The van der Waals surface area contributed by atoms with E-state index in [9.17, 15) is 13.6 Å². The summed E-state index contributed by atoms with van der Waals surface area (Å²) in [4.78, 5) is 12.1. The van der Waals surface area contributed by atoms with E-state index in [0.29, 0.717) is 18.7 Å². The van der Waals surface area contributed by atoms with Gasteiger partial charge in [-0.15, -0.1) is 0 Å². The van der Waals surface area contributed by atoms with Crippen LogP contribution in [0.5, 0.6) is 17.2 Å². The lowest BCUT2D eigenvalue weighted by atomic mass is 9.86. The molecule has 0 spiro atoms. The maximum absolute atomic E-state index is 12.5. The van der Waals surface area contributed by atoms with Crippen molar-refractivity contribution >= 4 is 5.91 Å². The molecule has 0 saturated heterocycles. The maximum atomic E-state index is 12.5. The molecule has 2 rings (SSSR count). The Morgan fingerprint density at radius 2 is 1.79 bits per heavy atom. The number of amides is 1. The molecule has 0 saturated carbocycles. The summed E-state index contributed by atoms with van der Waals surface area (Å²) in [6.07, 6.45) is 0.452. The number of para-hydroxylation sites is 1. The summed E-state index contributed by atoms with van der Waals surface area (Å²) >= 11 is 0. The summed E-state index contributed by atoms with van der Waals surface area (Å²) in [5, 5.41) is 2.76. The van der Waals surface area contributed by atoms with Crippen molar-refractivity contribution in [3.8, 4) is 17.2 Å². The van der Waals surface area contributed by atoms with Crippen molar-refractivity contribution in [2.24, 2.45) is 0 Å². The summed E-state index contributed by atoms with van der Waals surface area (Å²) in [5.74, 6) is 0.614. The van der Waals surface area contributed by atoms with E-state index >= 15 is 0 Å². The molecule has 5 nitrogen and oxygen atoms in total. The van der Waals surface area contributed by atoms with Crippen molar-refractivity contribution in [2.75, 3.05) is 20.3 Å². The van der Waals surface area contributed by atoms with Gasteiger partial charge >= 0.3 is 6.61 Å². The molecule has 2 aromatic rings. The average Bonchev–Trinajstić information content (AvgIpc) is 2.65. The van der Waals surface area contributed by atoms with Gasteiger partial charge in [0.2, 0.25) is 0 Å². The molecule has 0 bridgehead atoms. The number of nitrogens with one attached hydrogen (secondary N) is 1. The highest BCUT2D eigenvalue weighted by molar-refractivity contribution is 5.77. The van der Waals surface area contributed by atoms with Gasteiger partial charge in [-0.2, -0.15) is 8.78 Å². The van der Waals surface area contributed by atoms with Crippen LogP contribution in [0.4, 0.5) is 8.78 Å². The molecule has 0 atom stereocenters. The molecule has 0 aliphatic carbocycles. The van der Waals surface area contributed by atoms with E-state index in [1.165, 1.54) is 13.2 Å². The van der Waals surface area contributed by atoms with Crippen molar-refractivity contribution < 1.29 is 27.8 Å². The summed E-state index contributed by atoms with van der Waals surface area (Å²) < 4.78 is 40.2. The molecule has 1 amide bonds. The minimum Gasteiger partial charge on any atom is -0.493 e. The third kappa shape index (κ3) is 6.93. The molecular formula is C22H27F2NO4. The van der Waals surface area contributed by atoms with Gasteiger partial charge in [-0.3, -0.25) is 4.79 Å². The minimum absolute atomic E-state index is 0.0338. The molecule has 0 heterocycles. The van der Waals surface area contributed by atoms with Gasteiger partial charge in [-0.05, 0) is 41.2 Å². The first kappa shape index (κ1) is 22.5. The van der Waals surface area contributed by atoms with Gasteiger partial charge < -0.3 is 19.5 Å². The van der Waals surface area contributed by atoms with E-state index in [0.717, 1.165) is 11.1 Å². The van der Waals surface area contributed by atoms with Crippen molar-refractivity contribution in [1.82, 2.24) is 5.32 Å². The fourth-order valence-corrected chi connectivity index (χ4v) is 2.82. The highest BCUT2D eigenvalue weighted by Crippen LogP contribution is 2.31. The van der Waals surface area contributed by atoms with E-state index < -0.39 is 6.61 Å². The second-order valence-corrected chi connectivity index (χ2v) is 7.50. The van der Waals surface area contributed by atoms with Gasteiger partial charge in [0.05, 0.1) is 7.11 Å². The monoisotopic (exact) mass is 407 g/mol. The van der Waals surface area contributed by atoms with Crippen LogP contribution in [0.3, 0.4) is 0 Å². The fourth-order valence-electron chi connectivity index (χ4n) is 2.82. The van der Waals surface area contributed by atoms with Crippen molar-refractivity contribution in [2.45, 2.75) is 39.2 Å². The van der Waals surface area contributed by atoms with Crippen LogP contribution in [-0.4, -0.2) is 32.8 Å². The van der Waals surface area contributed by atoms with Crippen LogP contribution in [0, 0.1) is 0 Å². The van der Waals surface area contributed by atoms with Gasteiger partial charge in [0.25, 0.3) is 5.91 Å². The Balaban J connectivity index is 1.87. The summed E-state index contributed by atoms with van der Waals surface area (Å²) in [5.41, 5.74) is 1.66. The number of benzene rings is 2. The Kier molecular flexibility index (Phi) is 7.82. The zero-order valence-corrected chi connectivity index (χ0v) is 17.1. The summed E-state index contributed by atoms with van der Waals surface area (Å²) in [6.45, 7) is 3.54. The van der Waals surface area contributed by atoms with Crippen LogP contribution in [0.25, 0.3) is 0 Å². The standard InChI is InChI=1S/C22H27F2NO4/c1-22(2,3)16-7-5-6-8-17(16)28-14-20(26)25-12-11-15-9-10-18(27-4)19(13-15)29-21(23)24/h5-10,13,21H,11-12,14H2,1-4H3,(H,25,26). The van der Waals surface area contributed by atoms with Crippen molar-refractivity contribution in [3.05, 3.63) is 53.6 Å². The number of methoxy groups -OCH3 is 1. The number of rotatable bonds is 9. The van der Waals surface area contributed by atoms with Gasteiger partial charge in [-0.1, -0.05) is 45.0 Å². The zero-order valence-electron chi connectivity index (χ0n) is 17.1. The number of alkyl halides is 2. The van der Waals surface area contributed by atoms with Crippen LogP contribution >= 0.6 is 0 Å². The SMILES string of the molecule is COc1ccc(CCNC(=O)COc2ccccc2C(C)(C)C)cc1OC(F)F. The normalized spacial score (nSPS) is 11.3. The third-order valence-corrected chi connectivity index (χ3v) is 4.23. The lowest BCUT2D eigenvalue weighted by Gasteiger charge is -2.22. The number of hydrogen-bond donors (Lipinski definition) is 1. The Labute approximate surface area is 170 Å². The number of carbonyl (C=O) groups excluding carboxylic acids is 1. The lowest BCUT2D eigenvalue weighted by Crippen LogP contribution is -2.31. The largest absolute Gasteiger partial charge is 0.493 e. The summed E-state index contributed by atoms with van der Waals surface area (Å²) in [6, 6.07) is 12.4. The second-order valence-electron chi connectivity index (χ2n) is 7.50. The van der Waals surface area contributed by atoms with Crippen LogP contribution in [0.2, 0.25) is 0 Å². The minimum atomic E-state index is -2.94. The van der Waals surface area contributed by atoms with Gasteiger partial charge in [0.1, 0.15) is 5.75 Å². The first-order valence-electron chi connectivity index (χ1n) is 9.31. The second kappa shape index (κ2) is 10.1. The number of halogens is 2. The molecule has 29 heavy (non-hydrogen) atoms. The molecule has 0 radical (unpaired) electrons. The average molecular weight is 407 g/mol. The molecule has 0 aliphatic rings. The van der Waals surface area contributed by atoms with Crippen LogP contribution in [0.15, 0.2) is 42.5 Å². The van der Waals surface area contributed by atoms with Gasteiger partial charge in [0, 0.05) is 6.54 Å². The highest BCUT2D eigenvalue weighted by Gasteiger charge is 2.19. The van der Waals surface area contributed by atoms with Gasteiger partial charge in [-0.25, -0.2) is 0 Å². The maximum Gasteiger partial charge on any atom is 0.387 e. The van der Waals surface area contributed by atoms with Crippen LogP contribution in [0.1, 0.15) is 31.9 Å². The van der Waals surface area contributed by atoms with Crippen molar-refractivity contribution in [1.29, 1.82) is 0 Å². The first-order chi connectivity index (χ1) is 13.7. The predicted octanol–water partition coefficient (Wildman–Crippen LogP) is 4.33. The third-order valence-electron chi connectivity index (χ3n) is 4.23. The quantitative estimate of drug-likeness (QED) is 0.672. The lowest BCUT2D eigenvalue weighted by molar-refractivity contribution is -0.123. The van der Waals surface area contributed by atoms with Crippen LogP contribution in [-0.2, 0) is 16.6 Å². The Bertz CT molecular complexity index is 819. The molecule has 0 aromatic heterocycles. The van der Waals surface area contributed by atoms with E-state index in [-0.39, 0.29) is 29.4 Å². The topological polar surface area (TPSA) is 56.8 Å². The van der Waals surface area contributed by atoms with E-state index in [1.54, 1.807) is 12.1 Å². The Hall–Kier alpha value is -2.83. The van der Waals surface area contributed by atoms with Crippen molar-refractivity contribution in [3.63, 3.8) is 0 Å². The number of carbonyl (C=O) groups is 1. The Morgan fingerprint density at radius 3 is 2.45 bits per heavy atom. The van der Waals surface area contributed by atoms with E-state index in [2.05, 4.69) is 30.8 Å². The fraction of sp³-hybridized carbons (Fsp3) is 0.409. The molecule has 0 aliphatic heterocycles. The van der Waals surface area contributed by atoms with E-state index in [4.69, 9.17) is 9.47 Å². The molecule has 2 aromatic carbocycles. The first-order valence-corrected chi connectivity index (χ1v) is 9.31. The Morgan fingerprint density at radius 1 is 1.07 bits per heavy atom. The molecule has 0 unspecified atom stereocenters. The molecule has 158 valence electrons. The smallest absolute Gasteiger partial charge is 0.387 e. The molecule has 1 N–H and O–H groups in total. The summed E-state index contributed by atoms with van der Waals surface area (Å²) in [7, 11) is 1.38. The van der Waals surface area contributed by atoms with Gasteiger partial charge in [0.15, 0.2) is 18.1 Å². The highest BCUT2D eigenvalue weighted by atomic mass is 19.3. The molecule has 7 heteroatoms. The molecule has 0 fully saturated rings. The predicted molar refractivity (Wildman–Crippen MR) is 107 cm³/mol. The molecular weight excluding hydrogens is 380 g/mol. The zero-order chi connectivity index (χ0) is 21.4. The van der Waals surface area contributed by atoms with E-state index in [1.807, 2.05) is 24.3 Å². The number of hydrogen-bond acceptors (Lipinski definition) is 4. The van der Waals surface area contributed by atoms with Crippen LogP contribution < -0.4 is 19.5 Å².